The van der Waals surface area contributed by atoms with Crippen molar-refractivity contribution in [2.24, 2.45) is 0 Å². The maximum Gasteiger partial charge on any atom is 0.257 e. The molecule has 0 radical (unpaired) electrons. The van der Waals surface area contributed by atoms with Gasteiger partial charge in [0.1, 0.15) is 5.82 Å². The fourth-order valence-corrected chi connectivity index (χ4v) is 2.53. The number of ketones is 1. The third kappa shape index (κ3) is 2.52. The largest absolute Gasteiger partial charge is 0.373 e. The Labute approximate surface area is 122 Å². The van der Waals surface area contributed by atoms with Crippen LogP contribution in [-0.4, -0.2) is 28.7 Å². The average Bonchev–Trinajstić information content (AvgIpc) is 2.93. The van der Waals surface area contributed by atoms with E-state index in [9.17, 15) is 9.59 Å². The molecule has 0 fully saturated rings. The first-order chi connectivity index (χ1) is 10.2. The van der Waals surface area contributed by atoms with Gasteiger partial charge in [0.15, 0.2) is 5.78 Å². The van der Waals surface area contributed by atoms with Crippen LogP contribution >= 0.6 is 0 Å². The molecule has 0 aliphatic heterocycles. The Kier molecular flexibility index (Phi) is 3.43. The van der Waals surface area contributed by atoms with Crippen LogP contribution in [0.2, 0.25) is 0 Å². The Morgan fingerprint density at radius 3 is 2.90 bits per heavy atom. The van der Waals surface area contributed by atoms with E-state index in [4.69, 9.17) is 0 Å². The highest BCUT2D eigenvalue weighted by atomic mass is 16.2. The number of hydrogen-bond donors (Lipinski definition) is 3. The van der Waals surface area contributed by atoms with Gasteiger partial charge in [-0.1, -0.05) is 0 Å². The molecule has 6 heteroatoms. The van der Waals surface area contributed by atoms with E-state index in [0.717, 1.165) is 24.4 Å². The van der Waals surface area contributed by atoms with E-state index in [1.54, 1.807) is 31.6 Å². The molecule has 2 aromatic heterocycles. The number of nitrogens with one attached hydrogen (secondary N) is 3. The highest BCUT2D eigenvalue weighted by Crippen LogP contribution is 2.24. The molecular formula is C15H16N4O2. The van der Waals surface area contributed by atoms with E-state index in [1.165, 1.54) is 0 Å². The summed E-state index contributed by atoms with van der Waals surface area (Å²) in [7, 11) is 1.78. The summed E-state index contributed by atoms with van der Waals surface area (Å²) in [6, 6.07) is 3.53. The number of amides is 1. The van der Waals surface area contributed by atoms with Gasteiger partial charge in [-0.15, -0.1) is 0 Å². The minimum Gasteiger partial charge on any atom is -0.373 e. The van der Waals surface area contributed by atoms with E-state index in [1.807, 2.05) is 0 Å². The number of aromatic amines is 1. The predicted octanol–water partition coefficient (Wildman–Crippen LogP) is 2.22. The number of carbonyl (C=O) groups is 2. The van der Waals surface area contributed by atoms with Crippen molar-refractivity contribution in [1.29, 1.82) is 0 Å². The molecule has 0 bridgehead atoms. The maximum absolute atomic E-state index is 12.3. The Hall–Kier alpha value is -2.63. The van der Waals surface area contributed by atoms with Crippen LogP contribution in [-0.2, 0) is 6.42 Å². The summed E-state index contributed by atoms with van der Waals surface area (Å²) in [4.78, 5) is 31.5. The van der Waals surface area contributed by atoms with Gasteiger partial charge >= 0.3 is 0 Å². The highest BCUT2D eigenvalue weighted by Gasteiger charge is 2.25. The van der Waals surface area contributed by atoms with Crippen molar-refractivity contribution in [3.63, 3.8) is 0 Å². The molecule has 2 aromatic rings. The van der Waals surface area contributed by atoms with E-state index >= 15 is 0 Å². The lowest BCUT2D eigenvalue weighted by molar-refractivity contribution is 0.0956. The predicted molar refractivity (Wildman–Crippen MR) is 79.8 cm³/mol. The van der Waals surface area contributed by atoms with Crippen LogP contribution in [0.1, 0.15) is 39.3 Å². The van der Waals surface area contributed by atoms with Crippen LogP contribution in [0.25, 0.3) is 0 Å². The minimum absolute atomic E-state index is 0.0336. The number of carbonyl (C=O) groups excluding carboxylic acids is 2. The van der Waals surface area contributed by atoms with Gasteiger partial charge in [-0.2, -0.15) is 0 Å². The number of rotatable bonds is 3. The SMILES string of the molecule is CNc1ccc(NC(=O)c2c[nH]c3c2C(=O)CCC3)cn1. The normalized spacial score (nSPS) is 13.7. The van der Waals surface area contributed by atoms with E-state index in [2.05, 4.69) is 20.6 Å². The monoisotopic (exact) mass is 284 g/mol. The summed E-state index contributed by atoms with van der Waals surface area (Å²) in [5.74, 6) is 0.468. The summed E-state index contributed by atoms with van der Waals surface area (Å²) >= 11 is 0. The third-order valence-corrected chi connectivity index (χ3v) is 3.59. The maximum atomic E-state index is 12.3. The number of pyridine rings is 1. The van der Waals surface area contributed by atoms with Gasteiger partial charge in [0.05, 0.1) is 23.0 Å². The van der Waals surface area contributed by atoms with Crippen molar-refractivity contribution in [2.45, 2.75) is 19.3 Å². The van der Waals surface area contributed by atoms with Crippen molar-refractivity contribution in [3.05, 3.63) is 41.3 Å². The van der Waals surface area contributed by atoms with Gasteiger partial charge in [0.25, 0.3) is 5.91 Å². The molecule has 0 unspecified atom stereocenters. The zero-order valence-electron chi connectivity index (χ0n) is 11.7. The van der Waals surface area contributed by atoms with Crippen molar-refractivity contribution < 1.29 is 9.59 Å². The summed E-state index contributed by atoms with van der Waals surface area (Å²) in [5.41, 5.74) is 2.41. The second kappa shape index (κ2) is 5.40. The topological polar surface area (TPSA) is 86.9 Å². The molecule has 21 heavy (non-hydrogen) atoms. The van der Waals surface area contributed by atoms with Gasteiger partial charge in [0, 0.05) is 25.4 Å². The van der Waals surface area contributed by atoms with E-state index < -0.39 is 0 Å². The number of fused-ring (bicyclic) bond motifs is 1. The molecule has 3 N–H and O–H groups in total. The Morgan fingerprint density at radius 1 is 1.33 bits per heavy atom. The molecule has 3 rings (SSSR count). The van der Waals surface area contributed by atoms with Crippen molar-refractivity contribution in [1.82, 2.24) is 9.97 Å². The fourth-order valence-electron chi connectivity index (χ4n) is 2.53. The molecule has 0 saturated carbocycles. The summed E-state index contributed by atoms with van der Waals surface area (Å²) < 4.78 is 0. The molecule has 1 aliphatic rings. The standard InChI is InChI=1S/C15H16N4O2/c1-16-13-6-5-9(7-18-13)19-15(21)10-8-17-11-3-2-4-12(20)14(10)11/h5-8,17H,2-4H2,1H3,(H,16,18)(H,19,21). The van der Waals surface area contributed by atoms with Gasteiger partial charge in [-0.3, -0.25) is 9.59 Å². The van der Waals surface area contributed by atoms with Gasteiger partial charge in [-0.25, -0.2) is 4.98 Å². The van der Waals surface area contributed by atoms with Crippen molar-refractivity contribution in [2.75, 3.05) is 17.7 Å². The van der Waals surface area contributed by atoms with Gasteiger partial charge in [0.2, 0.25) is 0 Å². The quantitative estimate of drug-likeness (QED) is 0.806. The second-order valence-electron chi connectivity index (χ2n) is 4.97. The Bertz CT molecular complexity index is 688. The molecule has 1 aliphatic carbocycles. The average molecular weight is 284 g/mol. The van der Waals surface area contributed by atoms with Crippen LogP contribution in [0.3, 0.4) is 0 Å². The zero-order valence-corrected chi connectivity index (χ0v) is 11.7. The molecule has 2 heterocycles. The molecule has 0 spiro atoms. The number of hydrogen-bond acceptors (Lipinski definition) is 4. The number of Topliss-reactive ketones (excluding diaryl/α,β-unsaturated/α-hetero) is 1. The van der Waals surface area contributed by atoms with Crippen LogP contribution in [0.5, 0.6) is 0 Å². The summed E-state index contributed by atoms with van der Waals surface area (Å²) in [5, 5.41) is 5.67. The van der Waals surface area contributed by atoms with Gasteiger partial charge in [-0.05, 0) is 25.0 Å². The first kappa shape index (κ1) is 13.4. The summed E-state index contributed by atoms with van der Waals surface area (Å²) in [6.45, 7) is 0. The number of nitrogens with zero attached hydrogens (tertiary/aromatic N) is 1. The first-order valence-electron chi connectivity index (χ1n) is 6.87. The first-order valence-corrected chi connectivity index (χ1v) is 6.87. The van der Waals surface area contributed by atoms with Gasteiger partial charge < -0.3 is 15.6 Å². The summed E-state index contributed by atoms with van der Waals surface area (Å²) in [6.07, 6.45) is 5.34. The smallest absolute Gasteiger partial charge is 0.257 e. The molecule has 108 valence electrons. The Balaban J connectivity index is 1.82. The van der Waals surface area contributed by atoms with Crippen LogP contribution in [0.4, 0.5) is 11.5 Å². The van der Waals surface area contributed by atoms with E-state index in [0.29, 0.717) is 23.2 Å². The lowest BCUT2D eigenvalue weighted by Gasteiger charge is -2.11. The molecule has 0 atom stereocenters. The molecule has 0 saturated heterocycles. The lowest BCUT2D eigenvalue weighted by Crippen LogP contribution is -2.18. The van der Waals surface area contributed by atoms with Crippen LogP contribution in [0.15, 0.2) is 24.5 Å². The van der Waals surface area contributed by atoms with Crippen molar-refractivity contribution in [3.8, 4) is 0 Å². The Morgan fingerprint density at radius 2 is 2.19 bits per heavy atom. The highest BCUT2D eigenvalue weighted by molar-refractivity contribution is 6.13. The van der Waals surface area contributed by atoms with Crippen LogP contribution in [0, 0.1) is 0 Å². The molecule has 6 nitrogen and oxygen atoms in total. The molecule has 0 aromatic carbocycles. The van der Waals surface area contributed by atoms with Crippen molar-refractivity contribution >= 4 is 23.2 Å². The molecule has 1 amide bonds. The number of aryl methyl sites for hydroxylation is 1. The van der Waals surface area contributed by atoms with E-state index in [-0.39, 0.29) is 11.7 Å². The van der Waals surface area contributed by atoms with Crippen LogP contribution < -0.4 is 10.6 Å². The molecular weight excluding hydrogens is 268 g/mol. The number of aromatic nitrogens is 2. The second-order valence-corrected chi connectivity index (χ2v) is 4.97. The fraction of sp³-hybridized carbons (Fsp3) is 0.267. The number of H-pyrrole nitrogens is 1. The third-order valence-electron chi connectivity index (χ3n) is 3.59. The number of anilines is 2. The zero-order chi connectivity index (χ0) is 14.8. The minimum atomic E-state index is -0.290. The lowest BCUT2D eigenvalue weighted by atomic mass is 9.93.